The van der Waals surface area contributed by atoms with Gasteiger partial charge in [-0.1, -0.05) is 69.7 Å². The Bertz CT molecular complexity index is 80.1. The normalized spacial score (nSPS) is 12.2. The van der Waals surface area contributed by atoms with E-state index in [0.717, 1.165) is 12.6 Å². The molecule has 0 spiro atoms. The predicted molar refractivity (Wildman–Crippen MR) is 103 cm³/mol. The molecule has 0 amide bonds. The molecule has 1 saturated heterocycles. The van der Waals surface area contributed by atoms with Crippen LogP contribution in [0.1, 0.15) is 76.2 Å². The minimum absolute atomic E-state index is 0. The van der Waals surface area contributed by atoms with Gasteiger partial charge in [-0.25, -0.2) is 0 Å². The largest absolute Gasteiger partial charge is 0.304 e. The zero-order chi connectivity index (χ0) is 14.7. The summed E-state index contributed by atoms with van der Waals surface area (Å²) in [6.07, 6.45) is 1.30. The van der Waals surface area contributed by atoms with Gasteiger partial charge in [0.05, 0.1) is 0 Å². The maximum atomic E-state index is 3.26. The van der Waals surface area contributed by atoms with E-state index >= 15 is 0 Å². The first-order valence-corrected chi connectivity index (χ1v) is 7.52. The van der Waals surface area contributed by atoms with Crippen LogP contribution in [0, 0.1) is 5.92 Å². The van der Waals surface area contributed by atoms with Crippen molar-refractivity contribution in [2.75, 3.05) is 26.8 Å². The summed E-state index contributed by atoms with van der Waals surface area (Å²) < 4.78 is 0. The van der Waals surface area contributed by atoms with Crippen molar-refractivity contribution in [3.8, 4) is 0 Å². The maximum Gasteiger partial charge on any atom is 0.0477 e. The summed E-state index contributed by atoms with van der Waals surface area (Å²) in [5.41, 5.74) is 0. The zero-order valence-electron chi connectivity index (χ0n) is 15.1. The highest BCUT2D eigenvalue weighted by Crippen LogP contribution is 1.88. The van der Waals surface area contributed by atoms with Crippen LogP contribution in [0.25, 0.3) is 0 Å². The van der Waals surface area contributed by atoms with Crippen LogP contribution in [-0.2, 0) is 0 Å². The summed E-state index contributed by atoms with van der Waals surface area (Å²) in [6, 6.07) is 0. The van der Waals surface area contributed by atoms with E-state index in [0.29, 0.717) is 0 Å². The second-order valence-electron chi connectivity index (χ2n) is 3.82. The zero-order valence-corrected chi connectivity index (χ0v) is 16.5. The lowest BCUT2D eigenvalue weighted by Gasteiger charge is -2.22. The third-order valence-corrected chi connectivity index (χ3v) is 1.28. The van der Waals surface area contributed by atoms with E-state index in [1.54, 1.807) is 0 Å². The quantitative estimate of drug-likeness (QED) is 0.610. The van der Waals surface area contributed by atoms with Gasteiger partial charge < -0.3 is 5.32 Å². The molecule has 1 aliphatic heterocycles. The lowest BCUT2D eigenvalue weighted by molar-refractivity contribution is 0.261. The molecule has 0 aromatic heterocycles. The van der Waals surface area contributed by atoms with Gasteiger partial charge in [-0.15, -0.1) is 0 Å². The predicted octanol–water partition coefficient (Wildman–Crippen LogP) is 5.30. The molecule has 2 nitrogen and oxygen atoms in total. The molecule has 1 heterocycles. The van der Waals surface area contributed by atoms with E-state index in [-0.39, 0.29) is 17.3 Å². The van der Waals surface area contributed by atoms with Crippen LogP contribution in [0.4, 0.5) is 0 Å². The van der Waals surface area contributed by atoms with E-state index in [4.69, 9.17) is 0 Å². The van der Waals surface area contributed by atoms with Crippen molar-refractivity contribution in [3.05, 3.63) is 0 Å². The van der Waals surface area contributed by atoms with Crippen LogP contribution < -0.4 is 5.32 Å². The third-order valence-electron chi connectivity index (χ3n) is 1.28. The van der Waals surface area contributed by atoms with Crippen LogP contribution >= 0.6 is 9.90 Å². The lowest BCUT2D eigenvalue weighted by Crippen LogP contribution is -2.38. The molecule has 1 N–H and O–H groups in total. The highest BCUT2D eigenvalue weighted by Gasteiger charge is 2.00. The Labute approximate surface area is 129 Å². The number of nitrogens with zero attached hydrogens (tertiary/aromatic N) is 1. The standard InChI is InChI=1S/C5H12N2.C4H10.3C2H6.CH4.H3P/c1-7-4-2-3-6-5-7;1-4(2)3;3*1-2;;/h6H,2-5H2,1H3;4H,1-3H3;3*1-2H3;1H4;1H3. The van der Waals surface area contributed by atoms with Gasteiger partial charge in [-0.3, -0.25) is 4.90 Å². The molecule has 1 aliphatic rings. The van der Waals surface area contributed by atoms with Gasteiger partial charge >= 0.3 is 0 Å². The average Bonchev–Trinajstić information content (AvgIpc) is 2.37. The first-order valence-electron chi connectivity index (χ1n) is 7.52. The smallest absolute Gasteiger partial charge is 0.0477 e. The lowest BCUT2D eigenvalue weighted by atomic mass is 10.3. The second-order valence-corrected chi connectivity index (χ2v) is 3.82. The Hall–Kier alpha value is 0.350. The molecule has 0 bridgehead atoms. The topological polar surface area (TPSA) is 15.3 Å². The first kappa shape index (κ1) is 36.6. The van der Waals surface area contributed by atoms with E-state index < -0.39 is 0 Å². The molecule has 1 atom stereocenters. The summed E-state index contributed by atoms with van der Waals surface area (Å²) in [5, 5.41) is 3.26. The molecule has 126 valence electrons. The van der Waals surface area contributed by atoms with Gasteiger partial charge in [0.1, 0.15) is 0 Å². The van der Waals surface area contributed by atoms with E-state index in [9.17, 15) is 0 Å². The fraction of sp³-hybridized carbons (Fsp3) is 1.00. The van der Waals surface area contributed by atoms with Crippen molar-refractivity contribution >= 4 is 9.90 Å². The monoisotopic (exact) mass is 298 g/mol. The number of hydrogen-bond acceptors (Lipinski definition) is 2. The molecule has 0 aromatic carbocycles. The number of hydrogen-bond donors (Lipinski definition) is 1. The number of rotatable bonds is 0. The van der Waals surface area contributed by atoms with E-state index in [1.807, 2.05) is 41.5 Å². The maximum absolute atomic E-state index is 3.26. The minimum atomic E-state index is 0. The fourth-order valence-electron chi connectivity index (χ4n) is 0.823. The highest BCUT2D eigenvalue weighted by molar-refractivity contribution is 6.92. The Morgan fingerprint density at radius 1 is 0.895 bits per heavy atom. The molecule has 0 aliphatic carbocycles. The van der Waals surface area contributed by atoms with Crippen molar-refractivity contribution in [2.45, 2.75) is 76.2 Å². The van der Waals surface area contributed by atoms with Crippen LogP contribution in [0.2, 0.25) is 0 Å². The molecule has 3 heteroatoms. The van der Waals surface area contributed by atoms with E-state index in [1.165, 1.54) is 19.5 Å². The van der Waals surface area contributed by atoms with Gasteiger partial charge in [0.15, 0.2) is 0 Å². The van der Waals surface area contributed by atoms with Crippen LogP contribution in [-0.4, -0.2) is 31.7 Å². The molecule has 1 unspecified atom stereocenters. The Morgan fingerprint density at radius 3 is 1.32 bits per heavy atom. The van der Waals surface area contributed by atoms with Gasteiger partial charge in [-0.05, 0) is 25.9 Å². The molecular formula is C16H47N2P. The fourth-order valence-corrected chi connectivity index (χ4v) is 0.823. The molecule has 1 rings (SSSR count). The molecule has 1 fully saturated rings. The highest BCUT2D eigenvalue weighted by atomic mass is 31.0. The summed E-state index contributed by atoms with van der Waals surface area (Å²) in [4.78, 5) is 2.28. The third kappa shape index (κ3) is 70.4. The summed E-state index contributed by atoms with van der Waals surface area (Å²) in [7, 11) is 2.13. The van der Waals surface area contributed by atoms with Crippen LogP contribution in [0.5, 0.6) is 0 Å². The van der Waals surface area contributed by atoms with Crippen molar-refractivity contribution in [3.63, 3.8) is 0 Å². The van der Waals surface area contributed by atoms with Crippen molar-refractivity contribution in [2.24, 2.45) is 5.92 Å². The Morgan fingerprint density at radius 2 is 1.21 bits per heavy atom. The molecule has 0 saturated carbocycles. The van der Waals surface area contributed by atoms with Gasteiger partial charge in [0, 0.05) is 13.2 Å². The summed E-state index contributed by atoms with van der Waals surface area (Å²) >= 11 is 0. The minimum Gasteiger partial charge on any atom is -0.304 e. The van der Waals surface area contributed by atoms with Crippen LogP contribution in [0.3, 0.4) is 0 Å². The summed E-state index contributed by atoms with van der Waals surface area (Å²) in [5.74, 6) is 0.833. The summed E-state index contributed by atoms with van der Waals surface area (Å²) in [6.45, 7) is 22.0. The van der Waals surface area contributed by atoms with Gasteiger partial charge in [-0.2, -0.15) is 9.90 Å². The Kier molecular flexibility index (Phi) is 82.5. The van der Waals surface area contributed by atoms with Gasteiger partial charge in [0.2, 0.25) is 0 Å². The SMILES string of the molecule is C.CC.CC.CC.CC(C)C.CN1CCCNC1.P. The van der Waals surface area contributed by atoms with Gasteiger partial charge in [0.25, 0.3) is 0 Å². The van der Waals surface area contributed by atoms with Crippen molar-refractivity contribution in [1.82, 2.24) is 10.2 Å². The average molecular weight is 299 g/mol. The van der Waals surface area contributed by atoms with Crippen molar-refractivity contribution < 1.29 is 0 Å². The first-order chi connectivity index (χ1) is 8.13. The Balaban J connectivity index is -0.0000000312. The van der Waals surface area contributed by atoms with Crippen molar-refractivity contribution in [1.29, 1.82) is 0 Å². The second kappa shape index (κ2) is 42.9. The molecular weight excluding hydrogens is 251 g/mol. The molecule has 0 aromatic rings. The number of nitrogens with one attached hydrogen (secondary N) is 1. The molecule has 0 radical (unpaired) electrons. The van der Waals surface area contributed by atoms with E-state index in [2.05, 4.69) is 38.0 Å². The molecule has 19 heavy (non-hydrogen) atoms. The van der Waals surface area contributed by atoms with Crippen LogP contribution in [0.15, 0.2) is 0 Å².